The van der Waals surface area contributed by atoms with Crippen LogP contribution in [0.25, 0.3) is 0 Å². The molecule has 132 valence electrons. The molecule has 26 heavy (non-hydrogen) atoms. The van der Waals surface area contributed by atoms with E-state index >= 15 is 0 Å². The van der Waals surface area contributed by atoms with Crippen molar-refractivity contribution in [2.75, 3.05) is 5.32 Å². The van der Waals surface area contributed by atoms with Gasteiger partial charge in [-0.3, -0.25) is 9.59 Å². The van der Waals surface area contributed by atoms with Gasteiger partial charge in [-0.1, -0.05) is 41.6 Å². The van der Waals surface area contributed by atoms with Crippen molar-refractivity contribution in [2.45, 2.75) is 23.3 Å². The molecule has 1 N–H and O–H groups in total. The van der Waals surface area contributed by atoms with E-state index in [0.717, 1.165) is 9.79 Å². The van der Waals surface area contributed by atoms with Gasteiger partial charge in [-0.25, -0.2) is 4.68 Å². The third-order valence-corrected chi connectivity index (χ3v) is 5.07. The van der Waals surface area contributed by atoms with E-state index < -0.39 is 5.91 Å². The topological polar surface area (TPSA) is 64.0 Å². The molecule has 0 aliphatic rings. The first kappa shape index (κ1) is 18.2. The predicted octanol–water partition coefficient (Wildman–Crippen LogP) is 4.32. The van der Waals surface area contributed by atoms with Crippen molar-refractivity contribution in [3.05, 3.63) is 81.7 Å². The van der Waals surface area contributed by atoms with Crippen molar-refractivity contribution < 1.29 is 4.79 Å². The number of rotatable bonds is 5. The van der Waals surface area contributed by atoms with Crippen molar-refractivity contribution >= 4 is 35.0 Å². The Labute approximate surface area is 160 Å². The highest BCUT2D eigenvalue weighted by atomic mass is 35.5. The van der Waals surface area contributed by atoms with Gasteiger partial charge in [-0.15, -0.1) is 0 Å². The fourth-order valence-electron chi connectivity index (χ4n) is 2.27. The molecule has 0 radical (unpaired) electrons. The van der Waals surface area contributed by atoms with Gasteiger partial charge in [0.2, 0.25) is 0 Å². The average molecular weight is 386 g/mol. The van der Waals surface area contributed by atoms with Crippen molar-refractivity contribution in [2.24, 2.45) is 0 Å². The van der Waals surface area contributed by atoms with Crippen molar-refractivity contribution in [1.82, 2.24) is 9.78 Å². The third kappa shape index (κ3) is 4.33. The van der Waals surface area contributed by atoms with E-state index in [1.54, 1.807) is 30.8 Å². The Hall–Kier alpha value is -2.57. The van der Waals surface area contributed by atoms with Crippen LogP contribution in [-0.2, 0) is 6.54 Å². The number of benzene rings is 2. The van der Waals surface area contributed by atoms with Crippen LogP contribution < -0.4 is 10.9 Å². The summed E-state index contributed by atoms with van der Waals surface area (Å²) < 4.78 is 1.24. The second kappa shape index (κ2) is 8.21. The van der Waals surface area contributed by atoms with Crippen molar-refractivity contribution in [3.8, 4) is 0 Å². The van der Waals surface area contributed by atoms with Crippen molar-refractivity contribution in [1.29, 1.82) is 0 Å². The Balaban J connectivity index is 1.75. The van der Waals surface area contributed by atoms with Crippen molar-refractivity contribution in [3.63, 3.8) is 0 Å². The summed E-state index contributed by atoms with van der Waals surface area (Å²) >= 11 is 7.89. The summed E-state index contributed by atoms with van der Waals surface area (Å²) in [6, 6.07) is 18.0. The number of aromatic nitrogens is 2. The number of hydrogen-bond donors (Lipinski definition) is 1. The summed E-state index contributed by atoms with van der Waals surface area (Å²) in [4.78, 5) is 25.9. The molecule has 0 fully saturated rings. The average Bonchev–Trinajstić information content (AvgIpc) is 2.65. The molecule has 0 saturated heterocycles. The first-order valence-electron chi connectivity index (χ1n) is 7.99. The summed E-state index contributed by atoms with van der Waals surface area (Å²) in [6.07, 6.45) is 0. The Morgan fingerprint density at radius 1 is 1.15 bits per heavy atom. The molecule has 0 unspecified atom stereocenters. The Morgan fingerprint density at radius 3 is 2.62 bits per heavy atom. The largest absolute Gasteiger partial charge is 0.321 e. The minimum Gasteiger partial charge on any atom is -0.321 e. The smallest absolute Gasteiger partial charge is 0.276 e. The summed E-state index contributed by atoms with van der Waals surface area (Å²) in [7, 11) is 0. The zero-order valence-corrected chi connectivity index (χ0v) is 15.6. The second-order valence-corrected chi connectivity index (χ2v) is 6.91. The lowest BCUT2D eigenvalue weighted by Gasteiger charge is -2.09. The molecule has 0 spiro atoms. The van der Waals surface area contributed by atoms with Gasteiger partial charge in [0, 0.05) is 28.1 Å². The van der Waals surface area contributed by atoms with E-state index in [0.29, 0.717) is 17.3 Å². The number of hydrogen-bond acceptors (Lipinski definition) is 4. The molecular formula is C19H16ClN3O2S. The maximum atomic E-state index is 12.3. The highest BCUT2D eigenvalue weighted by Gasteiger charge is 2.11. The fourth-order valence-corrected chi connectivity index (χ4v) is 3.40. The molecule has 0 aliphatic carbocycles. The van der Waals surface area contributed by atoms with Gasteiger partial charge in [0.25, 0.3) is 11.5 Å². The van der Waals surface area contributed by atoms with Crippen LogP contribution in [0.5, 0.6) is 0 Å². The summed E-state index contributed by atoms with van der Waals surface area (Å²) in [6.45, 7) is 2.19. The Bertz CT molecular complexity index is 990. The zero-order valence-electron chi connectivity index (χ0n) is 14.0. The quantitative estimate of drug-likeness (QED) is 0.710. The third-order valence-electron chi connectivity index (χ3n) is 3.56. The standard InChI is InChI=1S/C19H16ClN3O2S/c1-2-23-18(24)11-9-16(22-23)19(25)21-13-8-10-17(15(20)12-13)26-14-6-4-3-5-7-14/h3-12H,2H2,1H3,(H,21,25). The van der Waals surface area contributed by atoms with Gasteiger partial charge in [-0.2, -0.15) is 5.10 Å². The van der Waals surface area contributed by atoms with Crippen LogP contribution in [0.1, 0.15) is 17.4 Å². The minimum absolute atomic E-state index is 0.172. The molecule has 7 heteroatoms. The molecular weight excluding hydrogens is 370 g/mol. The number of nitrogens with zero attached hydrogens (tertiary/aromatic N) is 2. The number of nitrogens with one attached hydrogen (secondary N) is 1. The maximum Gasteiger partial charge on any atom is 0.276 e. The summed E-state index contributed by atoms with van der Waals surface area (Å²) in [5.74, 6) is -0.397. The predicted molar refractivity (Wildman–Crippen MR) is 104 cm³/mol. The van der Waals surface area contributed by atoms with Gasteiger partial charge >= 0.3 is 0 Å². The number of halogens is 1. The molecule has 1 aromatic heterocycles. The molecule has 5 nitrogen and oxygen atoms in total. The van der Waals surface area contributed by atoms with Gasteiger partial charge in [0.15, 0.2) is 0 Å². The Morgan fingerprint density at radius 2 is 1.92 bits per heavy atom. The van der Waals surface area contributed by atoms with Crippen LogP contribution in [0.3, 0.4) is 0 Å². The highest BCUT2D eigenvalue weighted by Crippen LogP contribution is 2.34. The molecule has 0 bridgehead atoms. The van der Waals surface area contributed by atoms with E-state index in [1.165, 1.54) is 16.8 Å². The highest BCUT2D eigenvalue weighted by molar-refractivity contribution is 7.99. The second-order valence-electron chi connectivity index (χ2n) is 5.39. The van der Waals surface area contributed by atoms with Gasteiger partial charge < -0.3 is 5.32 Å². The van der Waals surface area contributed by atoms with E-state index in [1.807, 2.05) is 36.4 Å². The monoisotopic (exact) mass is 385 g/mol. The molecule has 0 saturated carbocycles. The number of anilines is 1. The molecule has 3 rings (SSSR count). The molecule has 3 aromatic rings. The maximum absolute atomic E-state index is 12.3. The SMILES string of the molecule is CCn1nc(C(=O)Nc2ccc(Sc3ccccc3)c(Cl)c2)ccc1=O. The zero-order chi connectivity index (χ0) is 18.5. The van der Waals surface area contributed by atoms with E-state index in [4.69, 9.17) is 11.6 Å². The van der Waals surface area contributed by atoms with Crippen LogP contribution in [0.15, 0.2) is 75.2 Å². The van der Waals surface area contributed by atoms with Crippen LogP contribution >= 0.6 is 23.4 Å². The number of carbonyl (C=O) groups is 1. The van der Waals surface area contributed by atoms with Crippen LogP contribution in [-0.4, -0.2) is 15.7 Å². The Kier molecular flexibility index (Phi) is 5.75. The normalized spacial score (nSPS) is 10.5. The number of amides is 1. The lowest BCUT2D eigenvalue weighted by atomic mass is 10.3. The number of aryl methyl sites for hydroxylation is 1. The van der Waals surface area contributed by atoms with E-state index in [-0.39, 0.29) is 11.3 Å². The van der Waals surface area contributed by atoms with Gasteiger partial charge in [0.05, 0.1) is 5.02 Å². The summed E-state index contributed by atoms with van der Waals surface area (Å²) in [5, 5.41) is 7.33. The van der Waals surface area contributed by atoms with Crippen LogP contribution in [0.2, 0.25) is 5.02 Å². The van der Waals surface area contributed by atoms with Crippen LogP contribution in [0.4, 0.5) is 5.69 Å². The van der Waals surface area contributed by atoms with Gasteiger partial charge in [-0.05, 0) is 43.3 Å². The molecule has 1 heterocycles. The lowest BCUT2D eigenvalue weighted by molar-refractivity contribution is 0.102. The number of carbonyl (C=O) groups excluding carboxylic acids is 1. The minimum atomic E-state index is -0.397. The van der Waals surface area contributed by atoms with Gasteiger partial charge in [0.1, 0.15) is 5.69 Å². The lowest BCUT2D eigenvalue weighted by Crippen LogP contribution is -2.25. The fraction of sp³-hybridized carbons (Fsp3) is 0.105. The molecule has 1 amide bonds. The molecule has 0 aliphatic heterocycles. The molecule has 2 aromatic carbocycles. The van der Waals surface area contributed by atoms with E-state index in [9.17, 15) is 9.59 Å². The molecule has 0 atom stereocenters. The first-order chi connectivity index (χ1) is 12.6. The first-order valence-corrected chi connectivity index (χ1v) is 9.18. The van der Waals surface area contributed by atoms with E-state index in [2.05, 4.69) is 10.4 Å². The summed E-state index contributed by atoms with van der Waals surface area (Å²) in [5.41, 5.74) is 0.494. The van der Waals surface area contributed by atoms with Crippen LogP contribution in [0, 0.1) is 0 Å².